The molecule has 1 N–H and O–H groups in total. The van der Waals surface area contributed by atoms with Crippen molar-refractivity contribution in [3.05, 3.63) is 0 Å². The summed E-state index contributed by atoms with van der Waals surface area (Å²) in [6, 6.07) is -1.17. The van der Waals surface area contributed by atoms with Crippen LogP contribution in [0.5, 0.6) is 0 Å². The Labute approximate surface area is 123 Å². The van der Waals surface area contributed by atoms with Crippen LogP contribution in [0.25, 0.3) is 0 Å². The Morgan fingerprint density at radius 3 is 1.95 bits per heavy atom. The van der Waals surface area contributed by atoms with E-state index in [1.807, 2.05) is 0 Å². The van der Waals surface area contributed by atoms with Crippen molar-refractivity contribution < 1.29 is 33.7 Å². The van der Waals surface area contributed by atoms with Crippen LogP contribution in [-0.2, 0) is 23.8 Å². The lowest BCUT2D eigenvalue weighted by molar-refractivity contribution is -0.154. The lowest BCUT2D eigenvalue weighted by Crippen LogP contribution is -2.47. The number of aliphatic hydroxyl groups is 1. The molecule has 0 unspecified atom stereocenters. The number of rotatable bonds is 5. The minimum absolute atomic E-state index is 0.352. The van der Waals surface area contributed by atoms with E-state index in [4.69, 9.17) is 4.74 Å². The van der Waals surface area contributed by atoms with Crippen molar-refractivity contribution in [2.75, 3.05) is 21.3 Å². The zero-order valence-electron chi connectivity index (χ0n) is 13.2. The third kappa shape index (κ3) is 6.44. The molecule has 0 saturated heterocycles. The number of hydrogen-bond donors (Lipinski definition) is 1. The Bertz CT molecular complexity index is 388. The Morgan fingerprint density at radius 1 is 1.10 bits per heavy atom. The van der Waals surface area contributed by atoms with Gasteiger partial charge in [0.05, 0.1) is 14.2 Å². The number of nitrogens with zero attached hydrogens (tertiary/aromatic N) is 1. The van der Waals surface area contributed by atoms with Gasteiger partial charge in [-0.2, -0.15) is 0 Å². The normalized spacial score (nSPS) is 13.9. The van der Waals surface area contributed by atoms with Crippen molar-refractivity contribution in [2.24, 2.45) is 0 Å². The van der Waals surface area contributed by atoms with Gasteiger partial charge < -0.3 is 19.3 Å². The lowest BCUT2D eigenvalue weighted by atomic mass is 10.1. The molecule has 0 spiro atoms. The Balaban J connectivity index is 5.02. The minimum Gasteiger partial charge on any atom is -0.467 e. The van der Waals surface area contributed by atoms with E-state index in [0.717, 1.165) is 19.1 Å². The Hall–Kier alpha value is -1.83. The van der Waals surface area contributed by atoms with Crippen LogP contribution in [0.3, 0.4) is 0 Å². The molecule has 21 heavy (non-hydrogen) atoms. The molecule has 0 fully saturated rings. The van der Waals surface area contributed by atoms with Gasteiger partial charge in [-0.3, -0.25) is 4.90 Å². The van der Waals surface area contributed by atoms with Crippen LogP contribution in [0, 0.1) is 0 Å². The lowest BCUT2D eigenvalue weighted by Gasteiger charge is -2.29. The predicted octanol–water partition coefficient (Wildman–Crippen LogP) is 0.319. The van der Waals surface area contributed by atoms with E-state index in [2.05, 4.69) is 9.47 Å². The van der Waals surface area contributed by atoms with E-state index in [9.17, 15) is 19.5 Å². The maximum atomic E-state index is 11.9. The fourth-order valence-corrected chi connectivity index (χ4v) is 1.45. The fraction of sp³-hybridized carbons (Fsp3) is 0.769. The Morgan fingerprint density at radius 2 is 1.57 bits per heavy atom. The van der Waals surface area contributed by atoms with Crippen molar-refractivity contribution in [2.45, 2.75) is 44.9 Å². The van der Waals surface area contributed by atoms with Crippen molar-refractivity contribution in [3.63, 3.8) is 0 Å². The molecule has 0 saturated carbocycles. The SMILES string of the molecule is COC(=O)[C@H](O)C[C@@H](C(=O)OC)N(C)C(=O)OC(C)(C)C. The molecule has 0 aromatic heterocycles. The van der Waals surface area contributed by atoms with Crippen LogP contribution < -0.4 is 0 Å². The van der Waals surface area contributed by atoms with Gasteiger partial charge in [0.15, 0.2) is 6.10 Å². The largest absolute Gasteiger partial charge is 0.467 e. The number of carbonyl (C=O) groups is 3. The average Bonchev–Trinajstić information content (AvgIpc) is 2.39. The second kappa shape index (κ2) is 7.82. The highest BCUT2D eigenvalue weighted by Crippen LogP contribution is 2.14. The number of hydrogen-bond acceptors (Lipinski definition) is 7. The van der Waals surface area contributed by atoms with Gasteiger partial charge in [-0.25, -0.2) is 14.4 Å². The van der Waals surface area contributed by atoms with E-state index in [1.165, 1.54) is 7.05 Å². The molecule has 1 amide bonds. The van der Waals surface area contributed by atoms with Gasteiger partial charge in [0, 0.05) is 13.5 Å². The molecule has 8 nitrogen and oxygen atoms in total. The summed E-state index contributed by atoms with van der Waals surface area (Å²) in [4.78, 5) is 35.9. The van der Waals surface area contributed by atoms with Gasteiger partial charge in [0.1, 0.15) is 11.6 Å². The third-order valence-electron chi connectivity index (χ3n) is 2.54. The molecular formula is C13H23NO7. The van der Waals surface area contributed by atoms with Crippen molar-refractivity contribution in [1.29, 1.82) is 0 Å². The highest BCUT2D eigenvalue weighted by molar-refractivity contribution is 5.83. The van der Waals surface area contributed by atoms with Gasteiger partial charge in [0.2, 0.25) is 0 Å². The van der Waals surface area contributed by atoms with E-state index in [-0.39, 0.29) is 6.42 Å². The second-order valence-electron chi connectivity index (χ2n) is 5.40. The highest BCUT2D eigenvalue weighted by Gasteiger charge is 2.34. The predicted molar refractivity (Wildman–Crippen MR) is 72.4 cm³/mol. The smallest absolute Gasteiger partial charge is 0.410 e. The zero-order chi connectivity index (χ0) is 16.8. The molecule has 0 aliphatic carbocycles. The first kappa shape index (κ1) is 19.2. The highest BCUT2D eigenvalue weighted by atomic mass is 16.6. The Kier molecular flexibility index (Phi) is 7.14. The molecule has 0 aromatic carbocycles. The summed E-state index contributed by atoms with van der Waals surface area (Å²) >= 11 is 0. The number of amides is 1. The second-order valence-corrected chi connectivity index (χ2v) is 5.40. The van der Waals surface area contributed by atoms with E-state index >= 15 is 0 Å². The number of carbonyl (C=O) groups excluding carboxylic acids is 3. The van der Waals surface area contributed by atoms with Gasteiger partial charge in [-0.05, 0) is 20.8 Å². The molecule has 0 aliphatic heterocycles. The number of methoxy groups -OCH3 is 2. The monoisotopic (exact) mass is 305 g/mol. The van der Waals surface area contributed by atoms with Gasteiger partial charge in [-0.15, -0.1) is 0 Å². The van der Waals surface area contributed by atoms with Crippen molar-refractivity contribution >= 4 is 18.0 Å². The summed E-state index contributed by atoms with van der Waals surface area (Å²) in [7, 11) is 3.57. The first-order chi connectivity index (χ1) is 9.53. The maximum Gasteiger partial charge on any atom is 0.410 e. The first-order valence-corrected chi connectivity index (χ1v) is 6.33. The van der Waals surface area contributed by atoms with E-state index in [1.54, 1.807) is 20.8 Å². The summed E-state index contributed by atoms with van der Waals surface area (Å²) < 4.78 is 14.1. The van der Waals surface area contributed by atoms with Crippen LogP contribution in [-0.4, -0.2) is 67.1 Å². The van der Waals surface area contributed by atoms with E-state index < -0.39 is 35.8 Å². The third-order valence-corrected chi connectivity index (χ3v) is 2.54. The molecule has 0 aromatic rings. The van der Waals surface area contributed by atoms with Gasteiger partial charge in [-0.1, -0.05) is 0 Å². The summed E-state index contributed by atoms with van der Waals surface area (Å²) in [5.41, 5.74) is -0.743. The first-order valence-electron chi connectivity index (χ1n) is 6.33. The molecule has 0 bridgehead atoms. The summed E-state index contributed by atoms with van der Waals surface area (Å²) in [6.45, 7) is 5.03. The van der Waals surface area contributed by atoms with Crippen LogP contribution in [0.4, 0.5) is 4.79 Å². The van der Waals surface area contributed by atoms with Crippen LogP contribution in [0.1, 0.15) is 27.2 Å². The number of aliphatic hydroxyl groups excluding tert-OH is 1. The molecular weight excluding hydrogens is 282 g/mol. The quantitative estimate of drug-likeness (QED) is 0.576. The molecule has 0 aliphatic rings. The summed E-state index contributed by atoms with van der Waals surface area (Å²) in [5.74, 6) is -1.67. The number of ether oxygens (including phenoxy) is 3. The average molecular weight is 305 g/mol. The fourth-order valence-electron chi connectivity index (χ4n) is 1.45. The maximum absolute atomic E-state index is 11.9. The molecule has 0 rings (SSSR count). The molecule has 122 valence electrons. The van der Waals surface area contributed by atoms with Crippen molar-refractivity contribution in [1.82, 2.24) is 4.90 Å². The minimum atomic E-state index is -1.55. The van der Waals surface area contributed by atoms with Crippen LogP contribution in [0.15, 0.2) is 0 Å². The van der Waals surface area contributed by atoms with Crippen molar-refractivity contribution in [3.8, 4) is 0 Å². The van der Waals surface area contributed by atoms with E-state index in [0.29, 0.717) is 0 Å². The van der Waals surface area contributed by atoms with Gasteiger partial charge in [0.25, 0.3) is 0 Å². The standard InChI is InChI=1S/C13H23NO7/c1-13(2,3)21-12(18)14(4)8(10(16)19-5)7-9(15)11(17)20-6/h8-9,15H,7H2,1-6H3/t8-,9+/m0/s1. The van der Waals surface area contributed by atoms with Gasteiger partial charge >= 0.3 is 18.0 Å². The molecule has 8 heteroatoms. The molecule has 2 atom stereocenters. The molecule has 0 radical (unpaired) electrons. The summed E-state index contributed by atoms with van der Waals surface area (Å²) in [5, 5.41) is 9.63. The van der Waals surface area contributed by atoms with Crippen LogP contribution in [0.2, 0.25) is 0 Å². The number of likely N-dealkylation sites (N-methyl/N-ethyl adjacent to an activating group) is 1. The summed E-state index contributed by atoms with van der Waals surface area (Å²) in [6.07, 6.45) is -2.67. The topological polar surface area (TPSA) is 102 Å². The van der Waals surface area contributed by atoms with Crippen LogP contribution >= 0.6 is 0 Å². The number of esters is 2. The zero-order valence-corrected chi connectivity index (χ0v) is 13.2. The molecule has 0 heterocycles.